The van der Waals surface area contributed by atoms with Gasteiger partial charge in [0.2, 0.25) is 5.91 Å². The SMILES string of the molecule is NCc1ccccc1NC(=O)CCn1cc(C(N)=O)cn1. The van der Waals surface area contributed by atoms with Crippen molar-refractivity contribution in [1.82, 2.24) is 9.78 Å². The summed E-state index contributed by atoms with van der Waals surface area (Å²) in [6, 6.07) is 7.37. The van der Waals surface area contributed by atoms with Gasteiger partial charge in [0.15, 0.2) is 0 Å². The highest BCUT2D eigenvalue weighted by molar-refractivity contribution is 5.92. The molecule has 5 N–H and O–H groups in total. The molecule has 2 amide bonds. The van der Waals surface area contributed by atoms with E-state index >= 15 is 0 Å². The van der Waals surface area contributed by atoms with Crippen LogP contribution in [0.3, 0.4) is 0 Å². The summed E-state index contributed by atoms with van der Waals surface area (Å²) in [5.74, 6) is -0.686. The minimum Gasteiger partial charge on any atom is -0.366 e. The molecular formula is C14H17N5O2. The van der Waals surface area contributed by atoms with Crippen molar-refractivity contribution in [1.29, 1.82) is 0 Å². The predicted octanol–water partition coefficient (Wildman–Crippen LogP) is 0.469. The third-order valence-electron chi connectivity index (χ3n) is 3.00. The number of aromatic nitrogens is 2. The predicted molar refractivity (Wildman–Crippen MR) is 78.3 cm³/mol. The van der Waals surface area contributed by atoms with Gasteiger partial charge in [-0.25, -0.2) is 0 Å². The summed E-state index contributed by atoms with van der Waals surface area (Å²) < 4.78 is 1.51. The molecule has 0 aliphatic carbocycles. The third kappa shape index (κ3) is 3.90. The molecule has 1 aromatic heterocycles. The number of hydrogen-bond acceptors (Lipinski definition) is 4. The van der Waals surface area contributed by atoms with E-state index in [1.807, 2.05) is 18.2 Å². The second-order valence-electron chi connectivity index (χ2n) is 4.52. The molecule has 0 radical (unpaired) electrons. The fourth-order valence-corrected chi connectivity index (χ4v) is 1.86. The Labute approximate surface area is 121 Å². The smallest absolute Gasteiger partial charge is 0.251 e. The second-order valence-corrected chi connectivity index (χ2v) is 4.52. The van der Waals surface area contributed by atoms with E-state index in [0.29, 0.717) is 24.3 Å². The van der Waals surface area contributed by atoms with Gasteiger partial charge in [0, 0.05) is 31.4 Å². The first-order valence-electron chi connectivity index (χ1n) is 6.50. The number of anilines is 1. The number of carbonyl (C=O) groups is 2. The molecule has 110 valence electrons. The van der Waals surface area contributed by atoms with Gasteiger partial charge < -0.3 is 16.8 Å². The van der Waals surface area contributed by atoms with Crippen LogP contribution < -0.4 is 16.8 Å². The summed E-state index contributed by atoms with van der Waals surface area (Å²) in [6.07, 6.45) is 3.13. The van der Waals surface area contributed by atoms with E-state index in [1.165, 1.54) is 17.1 Å². The average Bonchev–Trinajstić information content (AvgIpc) is 2.95. The zero-order valence-corrected chi connectivity index (χ0v) is 11.5. The number of rotatable bonds is 6. The number of carbonyl (C=O) groups excluding carboxylic acids is 2. The number of nitrogens with zero attached hydrogens (tertiary/aromatic N) is 2. The summed E-state index contributed by atoms with van der Waals surface area (Å²) in [7, 11) is 0. The molecule has 0 atom stereocenters. The van der Waals surface area contributed by atoms with Gasteiger partial charge in [-0.1, -0.05) is 18.2 Å². The van der Waals surface area contributed by atoms with Crippen LogP contribution in [-0.2, 0) is 17.9 Å². The zero-order valence-electron chi connectivity index (χ0n) is 11.5. The molecule has 1 aromatic carbocycles. The Morgan fingerprint density at radius 1 is 1.29 bits per heavy atom. The van der Waals surface area contributed by atoms with E-state index in [9.17, 15) is 9.59 Å². The molecule has 7 nitrogen and oxygen atoms in total. The van der Waals surface area contributed by atoms with Gasteiger partial charge in [0.05, 0.1) is 11.8 Å². The molecule has 0 spiro atoms. The molecule has 21 heavy (non-hydrogen) atoms. The van der Waals surface area contributed by atoms with E-state index in [4.69, 9.17) is 11.5 Å². The van der Waals surface area contributed by atoms with Gasteiger partial charge in [-0.15, -0.1) is 0 Å². The molecular weight excluding hydrogens is 270 g/mol. The van der Waals surface area contributed by atoms with Gasteiger partial charge in [0.1, 0.15) is 0 Å². The summed E-state index contributed by atoms with van der Waals surface area (Å²) in [5.41, 5.74) is 12.7. The number of primary amides is 1. The lowest BCUT2D eigenvalue weighted by Gasteiger charge is -2.09. The largest absolute Gasteiger partial charge is 0.366 e. The van der Waals surface area contributed by atoms with Crippen LogP contribution in [0, 0.1) is 0 Å². The fraction of sp³-hybridized carbons (Fsp3) is 0.214. The topological polar surface area (TPSA) is 116 Å². The summed E-state index contributed by atoms with van der Waals surface area (Å²) in [6.45, 7) is 0.724. The van der Waals surface area contributed by atoms with E-state index in [0.717, 1.165) is 5.56 Å². The normalized spacial score (nSPS) is 10.3. The number of para-hydroxylation sites is 1. The highest BCUT2D eigenvalue weighted by Crippen LogP contribution is 2.14. The van der Waals surface area contributed by atoms with Crippen molar-refractivity contribution in [2.45, 2.75) is 19.5 Å². The van der Waals surface area contributed by atoms with E-state index in [2.05, 4.69) is 10.4 Å². The lowest BCUT2D eigenvalue weighted by Crippen LogP contribution is -2.16. The first-order chi connectivity index (χ1) is 10.1. The van der Waals surface area contributed by atoms with Crippen LogP contribution in [0.15, 0.2) is 36.7 Å². The number of hydrogen-bond donors (Lipinski definition) is 3. The van der Waals surface area contributed by atoms with E-state index in [-0.39, 0.29) is 12.3 Å². The fourth-order valence-electron chi connectivity index (χ4n) is 1.86. The maximum atomic E-state index is 11.9. The van der Waals surface area contributed by atoms with Crippen LogP contribution >= 0.6 is 0 Å². The summed E-state index contributed by atoms with van der Waals surface area (Å²) >= 11 is 0. The van der Waals surface area contributed by atoms with Crippen LogP contribution in [0.2, 0.25) is 0 Å². The van der Waals surface area contributed by atoms with Crippen LogP contribution in [0.1, 0.15) is 22.3 Å². The molecule has 0 saturated heterocycles. The molecule has 2 rings (SSSR count). The number of aryl methyl sites for hydroxylation is 1. The Bertz CT molecular complexity index is 650. The highest BCUT2D eigenvalue weighted by Gasteiger charge is 2.08. The number of nitrogens with two attached hydrogens (primary N) is 2. The number of nitrogens with one attached hydrogen (secondary N) is 1. The quantitative estimate of drug-likeness (QED) is 0.716. The molecule has 0 unspecified atom stereocenters. The highest BCUT2D eigenvalue weighted by atomic mass is 16.2. The second kappa shape index (κ2) is 6.67. The molecule has 0 saturated carbocycles. The molecule has 0 aliphatic rings. The Morgan fingerprint density at radius 3 is 2.71 bits per heavy atom. The van der Waals surface area contributed by atoms with Crippen LogP contribution in [0.5, 0.6) is 0 Å². The Morgan fingerprint density at radius 2 is 2.05 bits per heavy atom. The molecule has 0 bridgehead atoms. The van der Waals surface area contributed by atoms with Gasteiger partial charge in [-0.3, -0.25) is 14.3 Å². The Hall–Kier alpha value is -2.67. The number of benzene rings is 1. The summed E-state index contributed by atoms with van der Waals surface area (Å²) in [5, 5.41) is 6.78. The van der Waals surface area contributed by atoms with Crippen molar-refractivity contribution < 1.29 is 9.59 Å². The lowest BCUT2D eigenvalue weighted by atomic mass is 10.2. The standard InChI is InChI=1S/C14H17N5O2/c15-7-10-3-1-2-4-12(10)18-13(20)5-6-19-9-11(8-17-19)14(16)21/h1-4,8-9H,5-7,15H2,(H2,16,21)(H,18,20). The first-order valence-corrected chi connectivity index (χ1v) is 6.50. The van der Waals surface area contributed by atoms with Gasteiger partial charge in [0.25, 0.3) is 5.91 Å². The summed E-state index contributed by atoms with van der Waals surface area (Å²) in [4.78, 5) is 22.9. The van der Waals surface area contributed by atoms with E-state index < -0.39 is 5.91 Å². The molecule has 0 fully saturated rings. The van der Waals surface area contributed by atoms with Crippen molar-refractivity contribution in [2.24, 2.45) is 11.5 Å². The van der Waals surface area contributed by atoms with Gasteiger partial charge >= 0.3 is 0 Å². The average molecular weight is 287 g/mol. The van der Waals surface area contributed by atoms with Crippen molar-refractivity contribution in [3.05, 3.63) is 47.8 Å². The van der Waals surface area contributed by atoms with Crippen molar-refractivity contribution in [2.75, 3.05) is 5.32 Å². The third-order valence-corrected chi connectivity index (χ3v) is 3.00. The van der Waals surface area contributed by atoms with Gasteiger partial charge in [-0.05, 0) is 11.6 Å². The van der Waals surface area contributed by atoms with Crippen molar-refractivity contribution in [3.63, 3.8) is 0 Å². The maximum Gasteiger partial charge on any atom is 0.251 e. The van der Waals surface area contributed by atoms with Crippen LogP contribution in [0.25, 0.3) is 0 Å². The molecule has 7 heteroatoms. The minimum absolute atomic E-state index is 0.146. The monoisotopic (exact) mass is 287 g/mol. The zero-order chi connectivity index (χ0) is 15.2. The lowest BCUT2D eigenvalue weighted by molar-refractivity contribution is -0.116. The van der Waals surface area contributed by atoms with E-state index in [1.54, 1.807) is 6.07 Å². The molecule has 2 aromatic rings. The van der Waals surface area contributed by atoms with Crippen molar-refractivity contribution in [3.8, 4) is 0 Å². The first kappa shape index (κ1) is 14.7. The Kier molecular flexibility index (Phi) is 4.68. The maximum absolute atomic E-state index is 11.9. The Balaban J connectivity index is 1.91. The molecule has 0 aliphatic heterocycles. The van der Waals surface area contributed by atoms with Crippen molar-refractivity contribution >= 4 is 17.5 Å². The van der Waals surface area contributed by atoms with Crippen LogP contribution in [0.4, 0.5) is 5.69 Å². The number of amides is 2. The molecule has 1 heterocycles. The minimum atomic E-state index is -0.539. The van der Waals surface area contributed by atoms with Gasteiger partial charge in [-0.2, -0.15) is 5.10 Å². The van der Waals surface area contributed by atoms with Crippen LogP contribution in [-0.4, -0.2) is 21.6 Å².